The van der Waals surface area contributed by atoms with Crippen LogP contribution in [0.25, 0.3) is 6.08 Å². The molecule has 0 fully saturated rings. The molecule has 2 aromatic rings. The Hall–Kier alpha value is -3.21. The maximum Gasteiger partial charge on any atom is 0.296 e. The van der Waals surface area contributed by atoms with E-state index in [1.54, 1.807) is 11.2 Å². The molecule has 2 aliphatic rings. The SMILES string of the molecule is CN(C)c1ccc(C=C2C(=O)N=C3c4ccccc4N=CN23)cc1. The number of nitrogens with zero attached hydrogens (tertiary/aromatic N) is 4. The van der Waals surface area contributed by atoms with Crippen LogP contribution >= 0.6 is 0 Å². The first kappa shape index (κ1) is 14.4. The van der Waals surface area contributed by atoms with Crippen LogP contribution in [0.1, 0.15) is 11.1 Å². The lowest BCUT2D eigenvalue weighted by Crippen LogP contribution is -2.28. The van der Waals surface area contributed by atoms with Crippen molar-refractivity contribution in [2.45, 2.75) is 0 Å². The minimum Gasteiger partial charge on any atom is -0.378 e. The van der Waals surface area contributed by atoms with E-state index in [1.807, 2.05) is 73.6 Å². The zero-order chi connectivity index (χ0) is 16.7. The summed E-state index contributed by atoms with van der Waals surface area (Å²) in [5, 5.41) is 0. The van der Waals surface area contributed by atoms with Crippen molar-refractivity contribution >= 4 is 35.5 Å². The first-order chi connectivity index (χ1) is 11.6. The average Bonchev–Trinajstić information content (AvgIpc) is 2.91. The zero-order valence-corrected chi connectivity index (χ0v) is 13.5. The Bertz CT molecular complexity index is 907. The molecule has 0 atom stereocenters. The summed E-state index contributed by atoms with van der Waals surface area (Å²) in [6, 6.07) is 15.7. The van der Waals surface area contributed by atoms with Crippen LogP contribution in [0.2, 0.25) is 0 Å². The molecule has 0 bridgehead atoms. The third-order valence-electron chi connectivity index (χ3n) is 4.08. The quantitative estimate of drug-likeness (QED) is 0.800. The second-order valence-electron chi connectivity index (χ2n) is 5.89. The number of carbonyl (C=O) groups excluding carboxylic acids is 1. The van der Waals surface area contributed by atoms with Gasteiger partial charge in [-0.15, -0.1) is 0 Å². The summed E-state index contributed by atoms with van der Waals surface area (Å²) in [6.07, 6.45) is 3.50. The molecule has 5 nitrogen and oxygen atoms in total. The topological polar surface area (TPSA) is 48.3 Å². The molecule has 5 heteroatoms. The molecule has 0 saturated heterocycles. The van der Waals surface area contributed by atoms with E-state index < -0.39 is 0 Å². The van der Waals surface area contributed by atoms with Crippen LogP contribution < -0.4 is 4.90 Å². The lowest BCUT2D eigenvalue weighted by atomic mass is 10.1. The summed E-state index contributed by atoms with van der Waals surface area (Å²) < 4.78 is 0. The van der Waals surface area contributed by atoms with Crippen molar-refractivity contribution in [2.24, 2.45) is 9.98 Å². The van der Waals surface area contributed by atoms with E-state index in [4.69, 9.17) is 0 Å². The summed E-state index contributed by atoms with van der Waals surface area (Å²) in [6.45, 7) is 0. The molecule has 1 amide bonds. The third-order valence-corrected chi connectivity index (χ3v) is 4.08. The van der Waals surface area contributed by atoms with Gasteiger partial charge >= 0.3 is 0 Å². The van der Waals surface area contributed by atoms with Crippen LogP contribution in [0.4, 0.5) is 11.4 Å². The molecular formula is C19H16N4O. The maximum absolute atomic E-state index is 12.4. The van der Waals surface area contributed by atoms with E-state index in [0.717, 1.165) is 22.5 Å². The predicted molar refractivity (Wildman–Crippen MR) is 96.7 cm³/mol. The smallest absolute Gasteiger partial charge is 0.296 e. The Morgan fingerprint density at radius 1 is 1.04 bits per heavy atom. The Morgan fingerprint density at radius 2 is 1.79 bits per heavy atom. The van der Waals surface area contributed by atoms with Crippen molar-refractivity contribution in [3.8, 4) is 0 Å². The van der Waals surface area contributed by atoms with Crippen molar-refractivity contribution in [1.29, 1.82) is 0 Å². The number of amidine groups is 1. The Morgan fingerprint density at radius 3 is 2.54 bits per heavy atom. The fourth-order valence-electron chi connectivity index (χ4n) is 2.78. The van der Waals surface area contributed by atoms with E-state index in [1.165, 1.54) is 0 Å². The Labute approximate surface area is 140 Å². The van der Waals surface area contributed by atoms with Gasteiger partial charge in [0, 0.05) is 25.3 Å². The highest BCUT2D eigenvalue weighted by atomic mass is 16.2. The fourth-order valence-corrected chi connectivity index (χ4v) is 2.78. The van der Waals surface area contributed by atoms with Gasteiger partial charge in [0.25, 0.3) is 5.91 Å². The molecule has 118 valence electrons. The molecule has 24 heavy (non-hydrogen) atoms. The summed E-state index contributed by atoms with van der Waals surface area (Å²) in [4.78, 5) is 24.8. The maximum atomic E-state index is 12.4. The number of hydrogen-bond acceptors (Lipinski definition) is 4. The standard InChI is InChI=1S/C19H16N4O/c1-22(2)14-9-7-13(8-10-14)11-17-19(24)21-18-15-5-3-4-6-16(15)20-12-23(17)18/h3-12H,1-2H3. The predicted octanol–water partition coefficient (Wildman–Crippen LogP) is 3.06. The molecule has 0 saturated carbocycles. The summed E-state index contributed by atoms with van der Waals surface area (Å²) in [5.41, 5.74) is 4.28. The lowest BCUT2D eigenvalue weighted by Gasteiger charge is -2.21. The number of benzene rings is 2. The highest BCUT2D eigenvalue weighted by molar-refractivity contribution is 6.25. The van der Waals surface area contributed by atoms with Gasteiger partial charge in [-0.05, 0) is 35.9 Å². The number of aliphatic imine (C=N–C) groups is 2. The second-order valence-corrected chi connectivity index (χ2v) is 5.89. The van der Waals surface area contributed by atoms with Crippen molar-refractivity contribution in [3.05, 3.63) is 65.4 Å². The van der Waals surface area contributed by atoms with Crippen LogP contribution in [-0.2, 0) is 4.79 Å². The number of para-hydroxylation sites is 1. The van der Waals surface area contributed by atoms with Crippen molar-refractivity contribution in [2.75, 3.05) is 19.0 Å². The second kappa shape index (κ2) is 5.45. The Kier molecular flexibility index (Phi) is 3.27. The van der Waals surface area contributed by atoms with Gasteiger partial charge in [-0.3, -0.25) is 9.69 Å². The van der Waals surface area contributed by atoms with E-state index in [9.17, 15) is 4.79 Å². The molecule has 0 aromatic heterocycles. The van der Waals surface area contributed by atoms with Crippen LogP contribution in [0, 0.1) is 0 Å². The number of carbonyl (C=O) groups is 1. The van der Waals surface area contributed by atoms with Crippen molar-refractivity contribution in [1.82, 2.24) is 4.90 Å². The van der Waals surface area contributed by atoms with Crippen LogP contribution in [0.15, 0.2) is 64.2 Å². The largest absolute Gasteiger partial charge is 0.378 e. The lowest BCUT2D eigenvalue weighted by molar-refractivity contribution is -0.114. The van der Waals surface area contributed by atoms with E-state index in [2.05, 4.69) is 9.98 Å². The minimum atomic E-state index is -0.246. The van der Waals surface area contributed by atoms with Crippen molar-refractivity contribution < 1.29 is 4.79 Å². The van der Waals surface area contributed by atoms with E-state index >= 15 is 0 Å². The third kappa shape index (κ3) is 2.31. The summed E-state index contributed by atoms with van der Waals surface area (Å²) >= 11 is 0. The number of anilines is 1. The first-order valence-electron chi connectivity index (χ1n) is 7.68. The summed E-state index contributed by atoms with van der Waals surface area (Å²) in [7, 11) is 3.99. The molecule has 0 N–H and O–H groups in total. The monoisotopic (exact) mass is 316 g/mol. The van der Waals surface area contributed by atoms with E-state index in [-0.39, 0.29) is 5.91 Å². The number of hydrogen-bond donors (Lipinski definition) is 0. The van der Waals surface area contributed by atoms with Gasteiger partial charge in [-0.25, -0.2) is 4.99 Å². The van der Waals surface area contributed by atoms with Gasteiger partial charge in [0.15, 0.2) is 5.84 Å². The van der Waals surface area contributed by atoms with Gasteiger partial charge in [0.05, 0.1) is 5.69 Å². The Balaban J connectivity index is 1.71. The molecule has 4 rings (SSSR count). The summed E-state index contributed by atoms with van der Waals surface area (Å²) in [5.74, 6) is 0.395. The van der Waals surface area contributed by atoms with Crippen LogP contribution in [0.3, 0.4) is 0 Å². The van der Waals surface area contributed by atoms with Crippen LogP contribution in [0.5, 0.6) is 0 Å². The average molecular weight is 316 g/mol. The van der Waals surface area contributed by atoms with Gasteiger partial charge < -0.3 is 4.90 Å². The molecule has 0 unspecified atom stereocenters. The van der Waals surface area contributed by atoms with Gasteiger partial charge in [-0.1, -0.05) is 24.3 Å². The number of fused-ring (bicyclic) bond motifs is 3. The highest BCUT2D eigenvalue weighted by Crippen LogP contribution is 2.30. The van der Waals surface area contributed by atoms with Gasteiger partial charge in [0.2, 0.25) is 0 Å². The molecule has 2 aromatic carbocycles. The number of amides is 1. The van der Waals surface area contributed by atoms with Gasteiger partial charge in [-0.2, -0.15) is 4.99 Å². The fraction of sp³-hybridized carbons (Fsp3) is 0.105. The normalized spacial score (nSPS) is 16.9. The molecule has 2 heterocycles. The minimum absolute atomic E-state index is 0.246. The number of rotatable bonds is 2. The zero-order valence-electron chi connectivity index (χ0n) is 13.5. The molecular weight excluding hydrogens is 300 g/mol. The molecule has 0 aliphatic carbocycles. The molecule has 0 spiro atoms. The van der Waals surface area contributed by atoms with Crippen molar-refractivity contribution in [3.63, 3.8) is 0 Å². The highest BCUT2D eigenvalue weighted by Gasteiger charge is 2.32. The van der Waals surface area contributed by atoms with Crippen LogP contribution in [-0.4, -0.2) is 37.1 Å². The van der Waals surface area contributed by atoms with E-state index in [0.29, 0.717) is 11.5 Å². The molecule has 0 radical (unpaired) electrons. The van der Waals surface area contributed by atoms with Gasteiger partial charge in [0.1, 0.15) is 12.0 Å². The first-order valence-corrected chi connectivity index (χ1v) is 7.68. The molecule has 2 aliphatic heterocycles.